The molecule has 1 aromatic carbocycles. The van der Waals surface area contributed by atoms with Crippen LogP contribution in [-0.4, -0.2) is 79.5 Å². The highest BCUT2D eigenvalue weighted by molar-refractivity contribution is 5.92. The molecule has 2 saturated heterocycles. The molecule has 2 amide bonds. The molecule has 0 aliphatic carbocycles. The number of nitrogens with one attached hydrogen (secondary N) is 1. The second kappa shape index (κ2) is 12.8. The zero-order chi connectivity index (χ0) is 29.9. The number of aliphatic hydroxyl groups is 1. The van der Waals surface area contributed by atoms with Gasteiger partial charge >= 0.3 is 0 Å². The fourth-order valence-electron chi connectivity index (χ4n) is 7.01. The molecule has 0 radical (unpaired) electrons. The van der Waals surface area contributed by atoms with E-state index in [9.17, 15) is 14.7 Å². The molecule has 6 rings (SSSR count). The zero-order valence-electron chi connectivity index (χ0n) is 24.9. The van der Waals surface area contributed by atoms with Gasteiger partial charge in [-0.1, -0.05) is 6.07 Å². The molecule has 3 aliphatic heterocycles. The molecule has 228 valence electrons. The van der Waals surface area contributed by atoms with Gasteiger partial charge in [0.2, 0.25) is 5.91 Å². The fourth-order valence-corrected chi connectivity index (χ4v) is 7.01. The van der Waals surface area contributed by atoms with Gasteiger partial charge < -0.3 is 24.5 Å². The van der Waals surface area contributed by atoms with Gasteiger partial charge in [0.25, 0.3) is 5.91 Å². The van der Waals surface area contributed by atoms with Crippen molar-refractivity contribution in [1.29, 1.82) is 0 Å². The SMILES string of the molecule is CC(=O)N1[C@@H]2CC[C@H]1CC(Cc1cc(C(=O)NC[C@H](O)CN3CCc4cc(OCc5ocnc5C)ccc4C3)ncn1)C2. The molecule has 3 aromatic rings. The summed E-state index contributed by atoms with van der Waals surface area (Å²) in [7, 11) is 0. The van der Waals surface area contributed by atoms with Gasteiger partial charge in [-0.25, -0.2) is 15.0 Å². The van der Waals surface area contributed by atoms with Crippen molar-refractivity contribution in [3.63, 3.8) is 0 Å². The molecule has 0 spiro atoms. The summed E-state index contributed by atoms with van der Waals surface area (Å²) < 4.78 is 11.2. The number of hydrogen-bond donors (Lipinski definition) is 2. The van der Waals surface area contributed by atoms with E-state index in [2.05, 4.69) is 42.2 Å². The molecule has 4 atom stereocenters. The summed E-state index contributed by atoms with van der Waals surface area (Å²) in [6.45, 7) is 6.03. The van der Waals surface area contributed by atoms with E-state index in [1.807, 2.05) is 13.0 Å². The number of aromatic nitrogens is 3. The number of benzene rings is 1. The Kier molecular flexibility index (Phi) is 8.71. The normalized spacial score (nSPS) is 22.2. The lowest BCUT2D eigenvalue weighted by Gasteiger charge is -2.38. The smallest absolute Gasteiger partial charge is 0.270 e. The quantitative estimate of drug-likeness (QED) is 0.367. The van der Waals surface area contributed by atoms with Crippen molar-refractivity contribution >= 4 is 11.8 Å². The van der Waals surface area contributed by atoms with E-state index >= 15 is 0 Å². The molecule has 3 aliphatic rings. The highest BCUT2D eigenvalue weighted by Crippen LogP contribution is 2.39. The van der Waals surface area contributed by atoms with Crippen LogP contribution in [-0.2, 0) is 30.8 Å². The van der Waals surface area contributed by atoms with Crippen LogP contribution in [0.15, 0.2) is 41.4 Å². The number of aryl methyl sites for hydroxylation is 1. The average Bonchev–Trinajstić information content (AvgIpc) is 3.54. The summed E-state index contributed by atoms with van der Waals surface area (Å²) in [6.07, 6.45) is 7.89. The fraction of sp³-hybridized carbons (Fsp3) is 0.531. The maximum Gasteiger partial charge on any atom is 0.270 e. The van der Waals surface area contributed by atoms with Crippen LogP contribution in [0.4, 0.5) is 0 Å². The third-order valence-electron chi connectivity index (χ3n) is 9.10. The van der Waals surface area contributed by atoms with Crippen molar-refractivity contribution in [3.8, 4) is 5.75 Å². The Morgan fingerprint density at radius 1 is 1.14 bits per heavy atom. The molecular weight excluding hydrogens is 548 g/mol. The van der Waals surface area contributed by atoms with Crippen LogP contribution in [0.25, 0.3) is 0 Å². The summed E-state index contributed by atoms with van der Waals surface area (Å²) in [6, 6.07) is 8.51. The van der Waals surface area contributed by atoms with Crippen LogP contribution in [0, 0.1) is 12.8 Å². The van der Waals surface area contributed by atoms with Crippen LogP contribution in [0.3, 0.4) is 0 Å². The minimum absolute atomic E-state index is 0.141. The Hall–Kier alpha value is -3.83. The highest BCUT2D eigenvalue weighted by Gasteiger charge is 2.41. The van der Waals surface area contributed by atoms with Gasteiger partial charge in [-0.3, -0.25) is 14.5 Å². The minimum atomic E-state index is -0.707. The molecule has 43 heavy (non-hydrogen) atoms. The van der Waals surface area contributed by atoms with Gasteiger partial charge in [0, 0.05) is 50.9 Å². The number of nitrogens with zero attached hydrogens (tertiary/aromatic N) is 5. The van der Waals surface area contributed by atoms with E-state index in [0.29, 0.717) is 36.8 Å². The Morgan fingerprint density at radius 3 is 2.70 bits per heavy atom. The van der Waals surface area contributed by atoms with Crippen LogP contribution < -0.4 is 10.1 Å². The third-order valence-corrected chi connectivity index (χ3v) is 9.10. The number of oxazole rings is 1. The number of fused-ring (bicyclic) bond motifs is 3. The lowest BCUT2D eigenvalue weighted by atomic mass is 9.87. The number of aliphatic hydroxyl groups excluding tert-OH is 1. The number of carbonyl (C=O) groups excluding carboxylic acids is 2. The molecule has 5 heterocycles. The Morgan fingerprint density at radius 2 is 1.95 bits per heavy atom. The minimum Gasteiger partial charge on any atom is -0.486 e. The van der Waals surface area contributed by atoms with Gasteiger partial charge in [-0.15, -0.1) is 0 Å². The third kappa shape index (κ3) is 6.88. The van der Waals surface area contributed by atoms with Gasteiger partial charge in [-0.05, 0) is 80.7 Å². The van der Waals surface area contributed by atoms with Crippen molar-refractivity contribution < 1.29 is 23.8 Å². The predicted octanol–water partition coefficient (Wildman–Crippen LogP) is 2.83. The first kappa shape index (κ1) is 29.3. The van der Waals surface area contributed by atoms with Crippen LogP contribution in [0.5, 0.6) is 5.75 Å². The van der Waals surface area contributed by atoms with E-state index in [0.717, 1.165) is 74.5 Å². The monoisotopic (exact) mass is 588 g/mol. The van der Waals surface area contributed by atoms with E-state index in [4.69, 9.17) is 9.15 Å². The van der Waals surface area contributed by atoms with Crippen LogP contribution >= 0.6 is 0 Å². The second-order valence-electron chi connectivity index (χ2n) is 12.2. The summed E-state index contributed by atoms with van der Waals surface area (Å²) in [4.78, 5) is 41.8. The maximum absolute atomic E-state index is 12.9. The van der Waals surface area contributed by atoms with Gasteiger partial charge in [0.15, 0.2) is 12.2 Å². The van der Waals surface area contributed by atoms with Crippen molar-refractivity contribution in [3.05, 3.63) is 71.0 Å². The molecular formula is C32H40N6O5. The number of piperidine rings is 1. The molecule has 0 saturated carbocycles. The Bertz CT molecular complexity index is 1450. The Labute approximate surface area is 251 Å². The molecule has 2 N–H and O–H groups in total. The summed E-state index contributed by atoms with van der Waals surface area (Å²) >= 11 is 0. The molecule has 2 aromatic heterocycles. The first-order chi connectivity index (χ1) is 20.8. The summed E-state index contributed by atoms with van der Waals surface area (Å²) in [5, 5.41) is 13.5. The number of rotatable bonds is 10. The molecule has 1 unspecified atom stereocenters. The predicted molar refractivity (Wildman–Crippen MR) is 157 cm³/mol. The molecule has 2 bridgehead atoms. The van der Waals surface area contributed by atoms with Gasteiger partial charge in [0.05, 0.1) is 11.8 Å². The highest BCUT2D eigenvalue weighted by atomic mass is 16.5. The Balaban J connectivity index is 0.953. The average molecular weight is 589 g/mol. The topological polar surface area (TPSA) is 134 Å². The molecule has 11 heteroatoms. The van der Waals surface area contributed by atoms with Crippen LogP contribution in [0.1, 0.15) is 71.4 Å². The second-order valence-corrected chi connectivity index (χ2v) is 12.2. The summed E-state index contributed by atoms with van der Waals surface area (Å²) in [5.74, 6) is 1.82. The van der Waals surface area contributed by atoms with E-state index in [1.165, 1.54) is 23.8 Å². The zero-order valence-corrected chi connectivity index (χ0v) is 24.9. The summed E-state index contributed by atoms with van der Waals surface area (Å²) in [5.41, 5.74) is 4.43. The number of hydrogen-bond acceptors (Lipinski definition) is 9. The standard InChI is InChI=1S/C32H40N6O5/c1-20-31(43-19-36-20)17-42-29-6-3-24-15-37(8-7-23(24)12-29)16-28(40)14-33-32(41)30-13-25(34-18-35-30)9-22-10-26-4-5-27(11-22)38(26)21(2)39/h3,6,12-13,18-19,22,26-28,40H,4-5,7-11,14-17H2,1-2H3,(H,33,41)/t22?,26-,27+,28-/m0/s1. The number of ether oxygens (including phenoxy) is 1. The number of amides is 2. The largest absolute Gasteiger partial charge is 0.486 e. The van der Waals surface area contributed by atoms with Crippen molar-refractivity contribution in [2.45, 2.75) is 83.7 Å². The van der Waals surface area contributed by atoms with Gasteiger partial charge in [0.1, 0.15) is 24.4 Å². The first-order valence-electron chi connectivity index (χ1n) is 15.2. The van der Waals surface area contributed by atoms with Crippen LogP contribution in [0.2, 0.25) is 0 Å². The lowest BCUT2D eigenvalue weighted by Crippen LogP contribution is -2.45. The van der Waals surface area contributed by atoms with E-state index in [-0.39, 0.29) is 18.4 Å². The van der Waals surface area contributed by atoms with Gasteiger partial charge in [-0.2, -0.15) is 0 Å². The lowest BCUT2D eigenvalue weighted by molar-refractivity contribution is -0.133. The van der Waals surface area contributed by atoms with E-state index < -0.39 is 6.10 Å². The molecule has 11 nitrogen and oxygen atoms in total. The number of carbonyl (C=O) groups is 2. The maximum atomic E-state index is 12.9. The van der Waals surface area contributed by atoms with Crippen molar-refractivity contribution in [2.75, 3.05) is 19.6 Å². The van der Waals surface area contributed by atoms with Crippen molar-refractivity contribution in [2.24, 2.45) is 5.92 Å². The first-order valence-corrected chi connectivity index (χ1v) is 15.2. The van der Waals surface area contributed by atoms with Crippen molar-refractivity contribution in [1.82, 2.24) is 30.1 Å². The number of β-amino-alcohol motifs (C(OH)–C–C–N with tert-alkyl or cyclic N) is 1. The van der Waals surface area contributed by atoms with E-state index in [1.54, 1.807) is 13.0 Å². The molecule has 2 fully saturated rings.